The molecule has 5 N–H and O–H groups in total. The maximum Gasteiger partial charge on any atom is 0.259 e. The number of likely N-dealkylation sites (tertiary alicyclic amines) is 1. The van der Waals surface area contributed by atoms with Crippen LogP contribution in [0.5, 0.6) is 23.3 Å². The van der Waals surface area contributed by atoms with Crippen LogP contribution in [0.15, 0.2) is 60.7 Å². The third-order valence-corrected chi connectivity index (χ3v) is 5.96. The summed E-state index contributed by atoms with van der Waals surface area (Å²) in [5.74, 6) is 1.03. The molecule has 0 aliphatic carbocycles. The van der Waals surface area contributed by atoms with Crippen LogP contribution in [0, 0.1) is 17.1 Å². The summed E-state index contributed by atoms with van der Waals surface area (Å²) in [4.78, 5) is 19.6. The number of hydrogen-bond donors (Lipinski definition) is 3. The van der Waals surface area contributed by atoms with E-state index in [-0.39, 0.29) is 23.5 Å². The first-order valence-corrected chi connectivity index (χ1v) is 11.5. The first-order valence-electron chi connectivity index (χ1n) is 11.5. The van der Waals surface area contributed by atoms with Crippen molar-refractivity contribution in [3.8, 4) is 23.3 Å². The van der Waals surface area contributed by atoms with Crippen molar-refractivity contribution in [3.05, 3.63) is 77.6 Å². The second-order valence-electron chi connectivity index (χ2n) is 8.41. The van der Waals surface area contributed by atoms with Crippen molar-refractivity contribution in [1.29, 1.82) is 5.41 Å². The molecule has 1 aliphatic heterocycles. The number of amides is 1. The molecule has 1 aliphatic rings. The Balaban J connectivity index is 1.58. The highest BCUT2D eigenvalue weighted by molar-refractivity contribution is 5.96. The topological polar surface area (TPSA) is 128 Å². The summed E-state index contributed by atoms with van der Waals surface area (Å²) in [5, 5.41) is 7.50. The summed E-state index contributed by atoms with van der Waals surface area (Å²) in [6.07, 6.45) is 2.77. The molecule has 9 heteroatoms. The third kappa shape index (κ3) is 6.13. The summed E-state index contributed by atoms with van der Waals surface area (Å²) in [5.41, 5.74) is 12.0. The van der Waals surface area contributed by atoms with Crippen LogP contribution >= 0.6 is 0 Å². The van der Waals surface area contributed by atoms with Gasteiger partial charge >= 0.3 is 0 Å². The Bertz CT molecular complexity index is 1180. The van der Waals surface area contributed by atoms with Gasteiger partial charge in [0.15, 0.2) is 0 Å². The lowest BCUT2D eigenvalue weighted by molar-refractivity contribution is 0.0684. The largest absolute Gasteiger partial charge is 0.439 e. The van der Waals surface area contributed by atoms with E-state index < -0.39 is 5.82 Å². The van der Waals surface area contributed by atoms with E-state index in [4.69, 9.17) is 26.4 Å². The van der Waals surface area contributed by atoms with Crippen molar-refractivity contribution in [3.63, 3.8) is 0 Å². The Morgan fingerprint density at radius 3 is 2.26 bits per heavy atom. The maximum atomic E-state index is 13.4. The monoisotopic (exact) mass is 477 g/mol. The summed E-state index contributed by atoms with van der Waals surface area (Å²) in [6.45, 7) is 1.93. The number of aromatic nitrogens is 1. The van der Waals surface area contributed by atoms with Crippen molar-refractivity contribution >= 4 is 11.7 Å². The fourth-order valence-corrected chi connectivity index (χ4v) is 3.99. The van der Waals surface area contributed by atoms with Gasteiger partial charge in [0.05, 0.1) is 0 Å². The van der Waals surface area contributed by atoms with Gasteiger partial charge in [-0.05, 0) is 86.3 Å². The number of benzene rings is 2. The third-order valence-electron chi connectivity index (χ3n) is 5.96. The quantitative estimate of drug-likeness (QED) is 0.328. The first-order chi connectivity index (χ1) is 16.9. The zero-order chi connectivity index (χ0) is 24.8. The second-order valence-corrected chi connectivity index (χ2v) is 8.41. The Kier molecular flexibility index (Phi) is 7.57. The smallest absolute Gasteiger partial charge is 0.259 e. The van der Waals surface area contributed by atoms with Crippen LogP contribution in [-0.4, -0.2) is 41.3 Å². The highest BCUT2D eigenvalue weighted by Crippen LogP contribution is 2.30. The molecule has 1 amide bonds. The average Bonchev–Trinajstić information content (AvgIpc) is 2.86. The zero-order valence-electron chi connectivity index (χ0n) is 19.2. The summed E-state index contributed by atoms with van der Waals surface area (Å²) in [6, 6.07) is 15.4. The van der Waals surface area contributed by atoms with Crippen LogP contribution in [0.2, 0.25) is 0 Å². The molecule has 182 valence electrons. The van der Waals surface area contributed by atoms with E-state index in [0.717, 1.165) is 19.3 Å². The minimum absolute atomic E-state index is 0.0421. The van der Waals surface area contributed by atoms with Crippen LogP contribution < -0.4 is 20.9 Å². The number of pyridine rings is 1. The second kappa shape index (κ2) is 11.0. The van der Waals surface area contributed by atoms with Crippen LogP contribution in [0.25, 0.3) is 0 Å². The van der Waals surface area contributed by atoms with Crippen LogP contribution in [0.3, 0.4) is 0 Å². The van der Waals surface area contributed by atoms with Gasteiger partial charge < -0.3 is 25.8 Å². The number of carbonyl (C=O) groups is 1. The molecule has 3 aromatic rings. The summed E-state index contributed by atoms with van der Waals surface area (Å²) >= 11 is 0. The molecule has 0 unspecified atom stereocenters. The number of nitrogens with zero attached hydrogens (tertiary/aromatic N) is 2. The minimum Gasteiger partial charge on any atom is -0.439 e. The fraction of sp³-hybridized carbons (Fsp3) is 0.269. The van der Waals surface area contributed by atoms with Crippen LogP contribution in [-0.2, 0) is 0 Å². The first kappa shape index (κ1) is 24.2. The van der Waals surface area contributed by atoms with Crippen molar-refractivity contribution in [2.45, 2.75) is 19.3 Å². The predicted octanol–water partition coefficient (Wildman–Crippen LogP) is 4.29. The van der Waals surface area contributed by atoms with Gasteiger partial charge in [-0.3, -0.25) is 10.2 Å². The van der Waals surface area contributed by atoms with Crippen molar-refractivity contribution < 1.29 is 18.7 Å². The van der Waals surface area contributed by atoms with Crippen LogP contribution in [0.4, 0.5) is 4.39 Å². The summed E-state index contributed by atoms with van der Waals surface area (Å²) < 4.78 is 25.1. The molecule has 35 heavy (non-hydrogen) atoms. The molecule has 8 nitrogen and oxygen atoms in total. The highest BCUT2D eigenvalue weighted by atomic mass is 19.1. The highest BCUT2D eigenvalue weighted by Gasteiger charge is 2.26. The van der Waals surface area contributed by atoms with Gasteiger partial charge in [0.2, 0.25) is 11.8 Å². The number of rotatable bonds is 8. The lowest BCUT2D eigenvalue weighted by atomic mass is 9.93. The van der Waals surface area contributed by atoms with E-state index >= 15 is 0 Å². The van der Waals surface area contributed by atoms with Gasteiger partial charge in [0.25, 0.3) is 5.91 Å². The van der Waals surface area contributed by atoms with Gasteiger partial charge in [-0.25, -0.2) is 4.39 Å². The van der Waals surface area contributed by atoms with Gasteiger partial charge in [0.1, 0.15) is 28.7 Å². The summed E-state index contributed by atoms with van der Waals surface area (Å²) in [7, 11) is 0. The van der Waals surface area contributed by atoms with E-state index in [1.165, 1.54) is 24.3 Å². The molecule has 0 bridgehead atoms. The molecule has 0 saturated carbocycles. The Hall–Kier alpha value is -3.98. The molecule has 1 aromatic heterocycles. The lowest BCUT2D eigenvalue weighted by Crippen LogP contribution is -2.39. The number of ether oxygens (including phenoxy) is 2. The predicted molar refractivity (Wildman–Crippen MR) is 131 cm³/mol. The number of nitrogen functional groups attached to an aromatic ring is 1. The number of amidine groups is 1. The average molecular weight is 478 g/mol. The van der Waals surface area contributed by atoms with Crippen LogP contribution in [0.1, 0.15) is 35.2 Å². The van der Waals surface area contributed by atoms with E-state index in [2.05, 4.69) is 4.98 Å². The van der Waals surface area contributed by atoms with Gasteiger partial charge in [-0.2, -0.15) is 4.98 Å². The van der Waals surface area contributed by atoms with E-state index in [0.29, 0.717) is 48.2 Å². The number of piperidine rings is 1. The molecular weight excluding hydrogens is 449 g/mol. The van der Waals surface area contributed by atoms with Gasteiger partial charge in [-0.1, -0.05) is 0 Å². The van der Waals surface area contributed by atoms with Crippen molar-refractivity contribution in [2.24, 2.45) is 17.4 Å². The molecule has 0 atom stereocenters. The SMILES string of the molecule is N=C(N)c1ccc(Oc2ccc(C(=O)N3CCC(CCN)CC3)c(Oc3ccc(F)cc3)n2)cc1. The normalized spacial score (nSPS) is 13.9. The molecule has 0 spiro atoms. The van der Waals surface area contributed by atoms with Gasteiger partial charge in [-0.15, -0.1) is 0 Å². The minimum atomic E-state index is -0.395. The van der Waals surface area contributed by atoms with E-state index in [1.807, 2.05) is 0 Å². The van der Waals surface area contributed by atoms with Gasteiger partial charge in [0, 0.05) is 24.7 Å². The van der Waals surface area contributed by atoms with Crippen molar-refractivity contribution in [1.82, 2.24) is 9.88 Å². The number of hydrogen-bond acceptors (Lipinski definition) is 6. The molecule has 2 aromatic carbocycles. The standard InChI is InChI=1S/C26H28FN5O3/c27-19-3-7-21(8-4-19)35-25-22(26(33)32-15-12-17(11-14-28)13-16-32)9-10-23(31-25)34-20-5-1-18(2-6-20)24(29)30/h1-10,17H,11-16,28H2,(H3,29,30). The molecular formula is C26H28FN5O3. The molecule has 2 heterocycles. The molecule has 4 rings (SSSR count). The maximum absolute atomic E-state index is 13.4. The van der Waals surface area contributed by atoms with Crippen molar-refractivity contribution in [2.75, 3.05) is 19.6 Å². The lowest BCUT2D eigenvalue weighted by Gasteiger charge is -2.32. The Morgan fingerprint density at radius 2 is 1.63 bits per heavy atom. The zero-order valence-corrected chi connectivity index (χ0v) is 19.2. The molecule has 1 fully saturated rings. The Labute approximate surface area is 203 Å². The van der Waals surface area contributed by atoms with E-state index in [1.54, 1.807) is 41.3 Å². The fourth-order valence-electron chi connectivity index (χ4n) is 3.99. The number of carbonyl (C=O) groups excluding carboxylic acids is 1. The molecule has 1 saturated heterocycles. The van der Waals surface area contributed by atoms with E-state index in [9.17, 15) is 9.18 Å². The Morgan fingerprint density at radius 1 is 1.00 bits per heavy atom. The number of nitrogens with one attached hydrogen (secondary N) is 1. The molecule has 0 radical (unpaired) electrons. The number of halogens is 1. The number of nitrogens with two attached hydrogens (primary N) is 2.